The van der Waals surface area contributed by atoms with Crippen LogP contribution in [0.2, 0.25) is 0 Å². The van der Waals surface area contributed by atoms with E-state index in [9.17, 15) is 0 Å². The van der Waals surface area contributed by atoms with E-state index in [4.69, 9.17) is 14.5 Å². The van der Waals surface area contributed by atoms with Gasteiger partial charge in [0, 0.05) is 30.7 Å². The Morgan fingerprint density at radius 2 is 1.93 bits per heavy atom. The molecule has 0 bridgehead atoms. The second kappa shape index (κ2) is 7.03. The number of nitrogens with one attached hydrogen (secondary N) is 1. The van der Waals surface area contributed by atoms with Gasteiger partial charge >= 0.3 is 0 Å². The number of ether oxygens (including phenoxy) is 2. The van der Waals surface area contributed by atoms with Crippen molar-refractivity contribution in [2.24, 2.45) is 0 Å². The first-order valence-corrected chi connectivity index (χ1v) is 8.90. The van der Waals surface area contributed by atoms with Crippen molar-refractivity contribution in [3.8, 4) is 28.6 Å². The standard InChI is InChI=1S/C21H17N5O2/c1-2-4-16(5-3-1)17-12-24-21(26-9-8-22-13-26)25-20(17)23-11-15-6-7-18-19(10-15)28-14-27-18/h1-10,12-13H,11,14H2,(H,23,24,25). The maximum absolute atomic E-state index is 5.47. The number of aromatic nitrogens is 4. The Labute approximate surface area is 161 Å². The van der Waals surface area contributed by atoms with Crippen LogP contribution in [-0.2, 0) is 6.54 Å². The molecule has 0 spiro atoms. The average Bonchev–Trinajstić information content (AvgIpc) is 3.44. The van der Waals surface area contributed by atoms with Crippen molar-refractivity contribution in [3.63, 3.8) is 0 Å². The molecular weight excluding hydrogens is 354 g/mol. The summed E-state index contributed by atoms with van der Waals surface area (Å²) >= 11 is 0. The fourth-order valence-corrected chi connectivity index (χ4v) is 3.07. The van der Waals surface area contributed by atoms with Gasteiger partial charge in [-0.25, -0.2) is 9.97 Å². The molecule has 0 amide bonds. The predicted octanol–water partition coefficient (Wildman–Crippen LogP) is 3.67. The molecule has 7 nitrogen and oxygen atoms in total. The van der Waals surface area contributed by atoms with Crippen LogP contribution in [0, 0.1) is 0 Å². The van der Waals surface area contributed by atoms with E-state index in [1.165, 1.54) is 0 Å². The number of hydrogen-bond acceptors (Lipinski definition) is 6. The zero-order chi connectivity index (χ0) is 18.8. The fourth-order valence-electron chi connectivity index (χ4n) is 3.07. The molecular formula is C21H17N5O2. The maximum atomic E-state index is 5.47. The van der Waals surface area contributed by atoms with E-state index in [-0.39, 0.29) is 6.79 Å². The molecule has 7 heteroatoms. The second-order valence-corrected chi connectivity index (χ2v) is 6.31. The summed E-state index contributed by atoms with van der Waals surface area (Å²) in [7, 11) is 0. The Morgan fingerprint density at radius 3 is 2.79 bits per heavy atom. The van der Waals surface area contributed by atoms with E-state index in [0.717, 1.165) is 34.0 Å². The first-order chi connectivity index (χ1) is 13.9. The van der Waals surface area contributed by atoms with Crippen molar-refractivity contribution in [2.75, 3.05) is 12.1 Å². The SMILES string of the molecule is c1ccc(-c2cnc(-n3ccnc3)nc2NCc2ccc3c(c2)OCO3)cc1. The van der Waals surface area contributed by atoms with E-state index in [0.29, 0.717) is 12.5 Å². The highest BCUT2D eigenvalue weighted by Crippen LogP contribution is 2.33. The van der Waals surface area contributed by atoms with Gasteiger partial charge in [-0.1, -0.05) is 36.4 Å². The number of fused-ring (bicyclic) bond motifs is 1. The minimum atomic E-state index is 0.268. The topological polar surface area (TPSA) is 74.1 Å². The zero-order valence-electron chi connectivity index (χ0n) is 14.9. The summed E-state index contributed by atoms with van der Waals surface area (Å²) < 4.78 is 12.6. The lowest BCUT2D eigenvalue weighted by Gasteiger charge is -2.13. The van der Waals surface area contributed by atoms with E-state index in [1.54, 1.807) is 17.1 Å². The molecule has 0 fully saturated rings. The number of anilines is 1. The molecule has 138 valence electrons. The van der Waals surface area contributed by atoms with Crippen LogP contribution >= 0.6 is 0 Å². The van der Waals surface area contributed by atoms with Gasteiger partial charge in [0.2, 0.25) is 12.7 Å². The van der Waals surface area contributed by atoms with Crippen molar-refractivity contribution < 1.29 is 9.47 Å². The van der Waals surface area contributed by atoms with Crippen LogP contribution in [-0.4, -0.2) is 26.3 Å². The van der Waals surface area contributed by atoms with E-state index < -0.39 is 0 Å². The Bertz CT molecular complexity index is 1100. The highest BCUT2D eigenvalue weighted by molar-refractivity contribution is 5.74. The van der Waals surface area contributed by atoms with Gasteiger partial charge in [0.05, 0.1) is 0 Å². The minimum absolute atomic E-state index is 0.268. The van der Waals surface area contributed by atoms with Crippen molar-refractivity contribution in [1.82, 2.24) is 19.5 Å². The lowest BCUT2D eigenvalue weighted by atomic mass is 10.1. The van der Waals surface area contributed by atoms with Crippen LogP contribution in [0.4, 0.5) is 5.82 Å². The van der Waals surface area contributed by atoms with Gasteiger partial charge in [-0.05, 0) is 23.3 Å². The van der Waals surface area contributed by atoms with Crippen molar-refractivity contribution >= 4 is 5.82 Å². The van der Waals surface area contributed by atoms with Crippen LogP contribution in [0.3, 0.4) is 0 Å². The molecule has 0 atom stereocenters. The fraction of sp³-hybridized carbons (Fsp3) is 0.0952. The van der Waals surface area contributed by atoms with Crippen LogP contribution < -0.4 is 14.8 Å². The molecule has 0 unspecified atom stereocenters. The molecule has 3 heterocycles. The summed E-state index contributed by atoms with van der Waals surface area (Å²) in [6.07, 6.45) is 7.03. The van der Waals surface area contributed by atoms with Gasteiger partial charge < -0.3 is 14.8 Å². The highest BCUT2D eigenvalue weighted by Gasteiger charge is 2.14. The molecule has 0 saturated heterocycles. The van der Waals surface area contributed by atoms with Crippen molar-refractivity contribution in [3.05, 3.63) is 79.0 Å². The van der Waals surface area contributed by atoms with Crippen molar-refractivity contribution in [1.29, 1.82) is 0 Å². The largest absolute Gasteiger partial charge is 0.454 e. The predicted molar refractivity (Wildman–Crippen MR) is 104 cm³/mol. The Hall–Kier alpha value is -3.87. The summed E-state index contributed by atoms with van der Waals surface area (Å²) in [4.78, 5) is 13.3. The Balaban J connectivity index is 1.47. The number of rotatable bonds is 5. The average molecular weight is 371 g/mol. The zero-order valence-corrected chi connectivity index (χ0v) is 14.9. The highest BCUT2D eigenvalue weighted by atomic mass is 16.7. The number of benzene rings is 2. The van der Waals surface area contributed by atoms with Crippen LogP contribution in [0.5, 0.6) is 11.5 Å². The van der Waals surface area contributed by atoms with Gasteiger partial charge in [-0.15, -0.1) is 0 Å². The monoisotopic (exact) mass is 371 g/mol. The van der Waals surface area contributed by atoms with Crippen molar-refractivity contribution in [2.45, 2.75) is 6.54 Å². The molecule has 28 heavy (non-hydrogen) atoms. The third-order valence-corrected chi connectivity index (χ3v) is 4.49. The molecule has 2 aromatic carbocycles. The van der Waals surface area contributed by atoms with Gasteiger partial charge in [0.25, 0.3) is 0 Å². The molecule has 0 radical (unpaired) electrons. The van der Waals surface area contributed by atoms with Gasteiger partial charge in [-0.3, -0.25) is 4.57 Å². The third-order valence-electron chi connectivity index (χ3n) is 4.49. The normalized spacial score (nSPS) is 12.1. The molecule has 5 rings (SSSR count). The summed E-state index contributed by atoms with van der Waals surface area (Å²) in [6.45, 7) is 0.863. The third kappa shape index (κ3) is 3.14. The lowest BCUT2D eigenvalue weighted by molar-refractivity contribution is 0.174. The Morgan fingerprint density at radius 1 is 1.04 bits per heavy atom. The molecule has 1 aliphatic rings. The van der Waals surface area contributed by atoms with E-state index in [1.807, 2.05) is 60.9 Å². The first kappa shape index (κ1) is 16.3. The van der Waals surface area contributed by atoms with Crippen LogP contribution in [0.15, 0.2) is 73.4 Å². The summed E-state index contributed by atoms with van der Waals surface area (Å²) in [5.41, 5.74) is 3.06. The number of imidazole rings is 1. The summed E-state index contributed by atoms with van der Waals surface area (Å²) in [5, 5.41) is 3.44. The molecule has 1 N–H and O–H groups in total. The molecule has 2 aromatic heterocycles. The minimum Gasteiger partial charge on any atom is -0.454 e. The quantitative estimate of drug-likeness (QED) is 0.577. The smallest absolute Gasteiger partial charge is 0.236 e. The second-order valence-electron chi connectivity index (χ2n) is 6.31. The number of nitrogens with zero attached hydrogens (tertiary/aromatic N) is 4. The van der Waals surface area contributed by atoms with E-state index >= 15 is 0 Å². The van der Waals surface area contributed by atoms with Crippen LogP contribution in [0.25, 0.3) is 17.1 Å². The maximum Gasteiger partial charge on any atom is 0.236 e. The molecule has 0 saturated carbocycles. The summed E-state index contributed by atoms with van der Waals surface area (Å²) in [6, 6.07) is 16.0. The van der Waals surface area contributed by atoms with Gasteiger partial charge in [0.1, 0.15) is 12.1 Å². The van der Waals surface area contributed by atoms with Gasteiger partial charge in [0.15, 0.2) is 11.5 Å². The lowest BCUT2D eigenvalue weighted by Crippen LogP contribution is -2.07. The Kier molecular flexibility index (Phi) is 4.10. The number of hydrogen-bond donors (Lipinski definition) is 1. The van der Waals surface area contributed by atoms with Crippen LogP contribution in [0.1, 0.15) is 5.56 Å². The molecule has 4 aromatic rings. The molecule has 0 aliphatic carbocycles. The first-order valence-electron chi connectivity index (χ1n) is 8.90. The summed E-state index contributed by atoms with van der Waals surface area (Å²) in [5.74, 6) is 2.86. The van der Waals surface area contributed by atoms with E-state index in [2.05, 4.69) is 15.3 Å². The molecule has 1 aliphatic heterocycles. The van der Waals surface area contributed by atoms with Gasteiger partial charge in [-0.2, -0.15) is 4.98 Å².